The van der Waals surface area contributed by atoms with E-state index < -0.39 is 0 Å². The van der Waals surface area contributed by atoms with Crippen LogP contribution in [0.3, 0.4) is 0 Å². The normalized spacial score (nSPS) is 18.2. The first-order chi connectivity index (χ1) is 8.70. The average Bonchev–Trinajstić information content (AvgIpc) is 2.43. The van der Waals surface area contributed by atoms with E-state index in [-0.39, 0.29) is 6.10 Å². The molecule has 0 unspecified atom stereocenters. The maximum Gasteiger partial charge on any atom is 0.0914 e. The lowest BCUT2D eigenvalue weighted by Crippen LogP contribution is -2.29. The third-order valence-electron chi connectivity index (χ3n) is 4.03. The minimum Gasteiger partial charge on any atom is -0.387 e. The van der Waals surface area contributed by atoms with Crippen molar-refractivity contribution in [1.29, 1.82) is 0 Å². The second-order valence-electron chi connectivity index (χ2n) is 5.47. The molecular weight excluding hydrogens is 222 g/mol. The van der Waals surface area contributed by atoms with Crippen LogP contribution in [0.2, 0.25) is 0 Å². The first kappa shape index (κ1) is 13.6. The predicted octanol–water partition coefficient (Wildman–Crippen LogP) is 2.99. The SMILES string of the molecule is CC[C@H](C)NC[C@@H](O)c1ccc2c(c1)CCCC2. The van der Waals surface area contributed by atoms with Gasteiger partial charge in [-0.15, -0.1) is 0 Å². The zero-order valence-electron chi connectivity index (χ0n) is 11.6. The van der Waals surface area contributed by atoms with Crippen LogP contribution < -0.4 is 5.32 Å². The average molecular weight is 247 g/mol. The summed E-state index contributed by atoms with van der Waals surface area (Å²) in [6.45, 7) is 4.95. The van der Waals surface area contributed by atoms with Gasteiger partial charge in [0.15, 0.2) is 0 Å². The van der Waals surface area contributed by atoms with Crippen molar-refractivity contribution < 1.29 is 5.11 Å². The highest BCUT2D eigenvalue weighted by Crippen LogP contribution is 2.24. The Hall–Kier alpha value is -0.860. The number of benzene rings is 1. The van der Waals surface area contributed by atoms with Crippen molar-refractivity contribution in [2.45, 2.75) is 58.1 Å². The summed E-state index contributed by atoms with van der Waals surface area (Å²) in [5, 5.41) is 13.6. The van der Waals surface area contributed by atoms with Crippen LogP contribution in [0, 0.1) is 0 Å². The molecule has 2 rings (SSSR count). The first-order valence-electron chi connectivity index (χ1n) is 7.24. The molecule has 0 saturated heterocycles. The van der Waals surface area contributed by atoms with Gasteiger partial charge in [0.05, 0.1) is 6.10 Å². The molecule has 0 aliphatic heterocycles. The summed E-state index contributed by atoms with van der Waals surface area (Å²) >= 11 is 0. The predicted molar refractivity (Wildman–Crippen MR) is 75.8 cm³/mol. The lowest BCUT2D eigenvalue weighted by Gasteiger charge is -2.20. The van der Waals surface area contributed by atoms with Crippen LogP contribution in [0.1, 0.15) is 55.9 Å². The van der Waals surface area contributed by atoms with Gasteiger partial charge in [-0.25, -0.2) is 0 Å². The summed E-state index contributed by atoms with van der Waals surface area (Å²) in [6, 6.07) is 6.97. The number of rotatable bonds is 5. The van der Waals surface area contributed by atoms with Crippen LogP contribution in [0.4, 0.5) is 0 Å². The third-order valence-corrected chi connectivity index (χ3v) is 4.03. The van der Waals surface area contributed by atoms with E-state index in [1.165, 1.54) is 36.8 Å². The van der Waals surface area contributed by atoms with Crippen LogP contribution in [0.15, 0.2) is 18.2 Å². The van der Waals surface area contributed by atoms with Crippen LogP contribution in [0.5, 0.6) is 0 Å². The quantitative estimate of drug-likeness (QED) is 0.838. The fourth-order valence-corrected chi connectivity index (χ4v) is 2.54. The number of fused-ring (bicyclic) bond motifs is 1. The van der Waals surface area contributed by atoms with Gasteiger partial charge in [0.1, 0.15) is 0 Å². The van der Waals surface area contributed by atoms with E-state index >= 15 is 0 Å². The molecule has 2 heteroatoms. The van der Waals surface area contributed by atoms with Crippen LogP contribution in [-0.2, 0) is 12.8 Å². The fourth-order valence-electron chi connectivity index (χ4n) is 2.54. The van der Waals surface area contributed by atoms with Crippen molar-refractivity contribution in [3.8, 4) is 0 Å². The first-order valence-corrected chi connectivity index (χ1v) is 7.24. The molecule has 2 N–H and O–H groups in total. The number of aliphatic hydroxyl groups excluding tert-OH is 1. The monoisotopic (exact) mass is 247 g/mol. The Morgan fingerprint density at radius 2 is 1.94 bits per heavy atom. The van der Waals surface area contributed by atoms with E-state index in [1.54, 1.807) is 0 Å². The molecule has 1 aliphatic rings. The van der Waals surface area contributed by atoms with E-state index in [0.29, 0.717) is 12.6 Å². The molecule has 0 aromatic heterocycles. The second-order valence-corrected chi connectivity index (χ2v) is 5.47. The van der Waals surface area contributed by atoms with E-state index in [0.717, 1.165) is 12.0 Å². The molecule has 0 fully saturated rings. The summed E-state index contributed by atoms with van der Waals surface area (Å²) in [6.07, 6.45) is 5.69. The van der Waals surface area contributed by atoms with Crippen molar-refractivity contribution in [3.05, 3.63) is 34.9 Å². The molecule has 2 nitrogen and oxygen atoms in total. The smallest absolute Gasteiger partial charge is 0.0914 e. The third kappa shape index (κ3) is 3.33. The highest BCUT2D eigenvalue weighted by atomic mass is 16.3. The number of hydrogen-bond acceptors (Lipinski definition) is 2. The summed E-state index contributed by atoms with van der Waals surface area (Å²) in [5.41, 5.74) is 3.99. The topological polar surface area (TPSA) is 32.3 Å². The van der Waals surface area contributed by atoms with Gasteiger partial charge in [-0.1, -0.05) is 25.1 Å². The Bertz CT molecular complexity index is 389. The number of nitrogens with one attached hydrogen (secondary N) is 1. The molecule has 1 aromatic carbocycles. The summed E-state index contributed by atoms with van der Waals surface area (Å²) in [7, 11) is 0. The molecule has 0 spiro atoms. The van der Waals surface area contributed by atoms with Gasteiger partial charge in [0, 0.05) is 12.6 Å². The van der Waals surface area contributed by atoms with E-state index in [1.807, 2.05) is 0 Å². The van der Waals surface area contributed by atoms with Gasteiger partial charge in [-0.2, -0.15) is 0 Å². The summed E-state index contributed by atoms with van der Waals surface area (Å²) < 4.78 is 0. The second kappa shape index (κ2) is 6.35. The number of aliphatic hydroxyl groups is 1. The lowest BCUT2D eigenvalue weighted by molar-refractivity contribution is 0.170. The molecule has 100 valence electrons. The molecule has 0 saturated carbocycles. The van der Waals surface area contributed by atoms with E-state index in [4.69, 9.17) is 0 Å². The number of hydrogen-bond donors (Lipinski definition) is 2. The summed E-state index contributed by atoms with van der Waals surface area (Å²) in [5.74, 6) is 0. The molecule has 2 atom stereocenters. The van der Waals surface area contributed by atoms with Crippen LogP contribution >= 0.6 is 0 Å². The largest absolute Gasteiger partial charge is 0.387 e. The van der Waals surface area contributed by atoms with Crippen LogP contribution in [0.25, 0.3) is 0 Å². The van der Waals surface area contributed by atoms with Gasteiger partial charge < -0.3 is 10.4 Å². The van der Waals surface area contributed by atoms with Crippen molar-refractivity contribution >= 4 is 0 Å². The minimum atomic E-state index is -0.383. The minimum absolute atomic E-state index is 0.383. The molecule has 0 amide bonds. The highest BCUT2D eigenvalue weighted by molar-refractivity contribution is 5.34. The van der Waals surface area contributed by atoms with Crippen molar-refractivity contribution in [1.82, 2.24) is 5.32 Å². The molecule has 18 heavy (non-hydrogen) atoms. The zero-order chi connectivity index (χ0) is 13.0. The van der Waals surface area contributed by atoms with Crippen molar-refractivity contribution in [2.24, 2.45) is 0 Å². The van der Waals surface area contributed by atoms with Gasteiger partial charge in [-0.3, -0.25) is 0 Å². The Labute approximate surface area is 110 Å². The maximum absolute atomic E-state index is 10.2. The van der Waals surface area contributed by atoms with Gasteiger partial charge in [0.2, 0.25) is 0 Å². The molecule has 0 bridgehead atoms. The fraction of sp³-hybridized carbons (Fsp3) is 0.625. The highest BCUT2D eigenvalue weighted by Gasteiger charge is 2.13. The Morgan fingerprint density at radius 3 is 2.67 bits per heavy atom. The Morgan fingerprint density at radius 1 is 1.22 bits per heavy atom. The van der Waals surface area contributed by atoms with E-state index in [2.05, 4.69) is 37.4 Å². The van der Waals surface area contributed by atoms with Gasteiger partial charge in [-0.05, 0) is 55.7 Å². The molecule has 1 aromatic rings. The van der Waals surface area contributed by atoms with Gasteiger partial charge >= 0.3 is 0 Å². The molecule has 0 radical (unpaired) electrons. The number of aryl methyl sites for hydroxylation is 2. The zero-order valence-corrected chi connectivity index (χ0v) is 11.6. The van der Waals surface area contributed by atoms with Crippen LogP contribution in [-0.4, -0.2) is 17.7 Å². The van der Waals surface area contributed by atoms with Crippen molar-refractivity contribution in [3.63, 3.8) is 0 Å². The standard InChI is InChI=1S/C16H25NO/c1-3-12(2)17-11-16(18)15-9-8-13-6-4-5-7-14(13)10-15/h8-10,12,16-18H,3-7,11H2,1-2H3/t12-,16+/m0/s1. The lowest BCUT2D eigenvalue weighted by atomic mass is 9.89. The molecule has 0 heterocycles. The molecular formula is C16H25NO. The molecule has 1 aliphatic carbocycles. The van der Waals surface area contributed by atoms with Gasteiger partial charge in [0.25, 0.3) is 0 Å². The van der Waals surface area contributed by atoms with Crippen molar-refractivity contribution in [2.75, 3.05) is 6.54 Å². The maximum atomic E-state index is 10.2. The Balaban J connectivity index is 1.99. The van der Waals surface area contributed by atoms with E-state index in [9.17, 15) is 5.11 Å². The summed E-state index contributed by atoms with van der Waals surface area (Å²) in [4.78, 5) is 0. The Kier molecular flexibility index (Phi) is 4.79.